The smallest absolute Gasteiger partial charge is 0.258 e. The zero-order valence-corrected chi connectivity index (χ0v) is 29.3. The van der Waals surface area contributed by atoms with Gasteiger partial charge in [0.1, 0.15) is 23.0 Å². The van der Waals surface area contributed by atoms with Gasteiger partial charge < -0.3 is 9.47 Å². The van der Waals surface area contributed by atoms with E-state index in [0.717, 1.165) is 42.2 Å². The fourth-order valence-electron chi connectivity index (χ4n) is 6.97. The highest BCUT2D eigenvalue weighted by Gasteiger charge is 2.32. The first-order valence-corrected chi connectivity index (χ1v) is 16.9. The van der Waals surface area contributed by atoms with Crippen LogP contribution in [0.4, 0.5) is 0 Å². The second kappa shape index (κ2) is 10.5. The number of ether oxygens (including phenoxy) is 2. The minimum Gasteiger partial charge on any atom is -0.457 e. The van der Waals surface area contributed by atoms with Crippen molar-refractivity contribution in [3.63, 3.8) is 0 Å². The van der Waals surface area contributed by atoms with Gasteiger partial charge in [0.05, 0.1) is 11.1 Å². The lowest BCUT2D eigenvalue weighted by Gasteiger charge is -2.25. The third-order valence-electron chi connectivity index (χ3n) is 9.47. The molecule has 8 rings (SSSR count). The van der Waals surface area contributed by atoms with Crippen LogP contribution >= 0.6 is 15.9 Å². The topological polar surface area (TPSA) is 64.6 Å². The minimum absolute atomic E-state index is 0.0101. The molecule has 0 atom stereocenters. The molecule has 0 fully saturated rings. The van der Waals surface area contributed by atoms with Crippen LogP contribution in [0.1, 0.15) is 73.4 Å². The molecule has 1 heterocycles. The number of nitrogens with one attached hydrogen (secondary N) is 1. The van der Waals surface area contributed by atoms with Crippen LogP contribution in [0.5, 0.6) is 23.0 Å². The Balaban J connectivity index is 1.47. The van der Waals surface area contributed by atoms with Crippen LogP contribution in [-0.4, -0.2) is 11.8 Å². The van der Waals surface area contributed by atoms with Crippen molar-refractivity contribution in [3.8, 4) is 23.0 Å². The number of rotatable bonds is 4. The standard InChI is InChI=1S/C42H34BrNO4/c1-41(2,3)22-10-14-24(15-11-22)47-32-20-29-35-30(40(46)44-39(29)45)21-33(48-25-16-12-23(13-17-25)42(4,5)6)37-28-18-19-31(43)26-8-7-9-27(34(26)28)36(32)38(35)37/h7-21H,1-6H3,(H,44,45,46). The summed E-state index contributed by atoms with van der Waals surface area (Å²) in [6, 6.07) is 30.0. The summed E-state index contributed by atoms with van der Waals surface area (Å²) in [5, 5.41) is 9.54. The zero-order valence-electron chi connectivity index (χ0n) is 27.7. The van der Waals surface area contributed by atoms with Gasteiger partial charge in [0, 0.05) is 26.0 Å². The molecular formula is C42H34BrNO4. The van der Waals surface area contributed by atoms with E-state index in [1.807, 2.05) is 36.4 Å². The van der Waals surface area contributed by atoms with Gasteiger partial charge in [-0.1, -0.05) is 106 Å². The van der Waals surface area contributed by atoms with Gasteiger partial charge in [0.25, 0.3) is 11.8 Å². The lowest BCUT2D eigenvalue weighted by atomic mass is 9.84. The number of benzene rings is 7. The van der Waals surface area contributed by atoms with Crippen LogP contribution in [0.2, 0.25) is 0 Å². The molecule has 0 saturated heterocycles. The molecule has 1 N–H and O–H groups in total. The van der Waals surface area contributed by atoms with Crippen LogP contribution in [0.25, 0.3) is 43.1 Å². The largest absolute Gasteiger partial charge is 0.457 e. The summed E-state index contributed by atoms with van der Waals surface area (Å²) in [4.78, 5) is 27.0. The van der Waals surface area contributed by atoms with Crippen molar-refractivity contribution in [1.29, 1.82) is 0 Å². The lowest BCUT2D eigenvalue weighted by Crippen LogP contribution is -2.34. The van der Waals surface area contributed by atoms with E-state index < -0.39 is 11.8 Å². The van der Waals surface area contributed by atoms with E-state index in [-0.39, 0.29) is 10.8 Å². The number of carbonyl (C=O) groups excluding carboxylic acids is 2. The van der Waals surface area contributed by atoms with Crippen LogP contribution in [0.15, 0.2) is 95.5 Å². The van der Waals surface area contributed by atoms with E-state index in [0.29, 0.717) is 39.5 Å². The quantitative estimate of drug-likeness (QED) is 0.113. The Morgan fingerprint density at radius 3 is 1.46 bits per heavy atom. The number of carbonyl (C=O) groups is 2. The van der Waals surface area contributed by atoms with Gasteiger partial charge in [0.15, 0.2) is 0 Å². The van der Waals surface area contributed by atoms with Crippen LogP contribution in [0, 0.1) is 0 Å². The first kappa shape index (κ1) is 30.4. The lowest BCUT2D eigenvalue weighted by molar-refractivity contribution is 0.0844. The Kier molecular flexibility index (Phi) is 6.67. The molecule has 7 aromatic carbocycles. The third kappa shape index (κ3) is 4.73. The van der Waals surface area contributed by atoms with Crippen molar-refractivity contribution < 1.29 is 19.1 Å². The Hall–Kier alpha value is -4.94. The van der Waals surface area contributed by atoms with Crippen molar-refractivity contribution in [2.24, 2.45) is 0 Å². The van der Waals surface area contributed by atoms with Gasteiger partial charge in [-0.3, -0.25) is 14.9 Å². The van der Waals surface area contributed by atoms with E-state index >= 15 is 0 Å². The normalized spacial score (nSPS) is 13.6. The molecule has 6 heteroatoms. The van der Waals surface area contributed by atoms with E-state index in [1.54, 1.807) is 12.1 Å². The molecule has 0 unspecified atom stereocenters. The summed E-state index contributed by atoms with van der Waals surface area (Å²) in [6.07, 6.45) is 0. The maximum Gasteiger partial charge on any atom is 0.258 e. The van der Waals surface area contributed by atoms with Crippen molar-refractivity contribution >= 4 is 70.8 Å². The Bertz CT molecular complexity index is 2330. The second-order valence-electron chi connectivity index (χ2n) is 14.7. The molecule has 0 bridgehead atoms. The Labute approximate surface area is 287 Å². The zero-order chi connectivity index (χ0) is 33.7. The van der Waals surface area contributed by atoms with E-state index in [9.17, 15) is 9.59 Å². The Morgan fingerprint density at radius 1 is 0.521 bits per heavy atom. The number of hydrogen-bond acceptors (Lipinski definition) is 4. The van der Waals surface area contributed by atoms with Gasteiger partial charge in [-0.25, -0.2) is 0 Å². The molecule has 0 radical (unpaired) electrons. The van der Waals surface area contributed by atoms with Crippen LogP contribution in [-0.2, 0) is 10.8 Å². The van der Waals surface area contributed by atoms with Gasteiger partial charge in [0.2, 0.25) is 0 Å². The van der Waals surface area contributed by atoms with Gasteiger partial charge in [-0.15, -0.1) is 0 Å². The fraction of sp³-hybridized carbons (Fsp3) is 0.190. The van der Waals surface area contributed by atoms with Crippen molar-refractivity contribution in [2.75, 3.05) is 0 Å². The number of hydrogen-bond donors (Lipinski definition) is 1. The van der Waals surface area contributed by atoms with Crippen LogP contribution in [0.3, 0.4) is 0 Å². The van der Waals surface area contributed by atoms with Crippen molar-refractivity contribution in [3.05, 3.63) is 118 Å². The number of halogens is 1. The monoisotopic (exact) mass is 695 g/mol. The molecule has 238 valence electrons. The highest BCUT2D eigenvalue weighted by Crippen LogP contribution is 2.52. The highest BCUT2D eigenvalue weighted by atomic mass is 79.9. The molecule has 1 aliphatic rings. The molecule has 0 saturated carbocycles. The molecule has 2 amide bonds. The molecule has 0 aliphatic carbocycles. The Morgan fingerprint density at radius 2 is 0.979 bits per heavy atom. The SMILES string of the molecule is CC(C)(C)c1ccc(Oc2cc3c4c(cc(Oc5ccc(C(C)(C)C)cc5)c5c6ccc(Br)c7cccc(c2c45)c76)C(=O)NC3=O)cc1. The van der Waals surface area contributed by atoms with Crippen molar-refractivity contribution in [1.82, 2.24) is 5.32 Å². The summed E-state index contributed by atoms with van der Waals surface area (Å²) in [5.41, 5.74) is 3.14. The second-order valence-corrected chi connectivity index (χ2v) is 15.6. The number of imide groups is 1. The van der Waals surface area contributed by atoms with Gasteiger partial charge in [-0.2, -0.15) is 0 Å². The van der Waals surface area contributed by atoms with E-state index in [2.05, 4.69) is 105 Å². The predicted octanol–water partition coefficient (Wildman–Crippen LogP) is 11.6. The molecule has 48 heavy (non-hydrogen) atoms. The molecule has 5 nitrogen and oxygen atoms in total. The molecular weight excluding hydrogens is 662 g/mol. The summed E-state index contributed by atoms with van der Waals surface area (Å²) >= 11 is 3.78. The minimum atomic E-state index is -0.454. The highest BCUT2D eigenvalue weighted by molar-refractivity contribution is 9.10. The molecule has 0 spiro atoms. The maximum atomic E-state index is 13.5. The first-order chi connectivity index (χ1) is 22.8. The van der Waals surface area contributed by atoms with Gasteiger partial charge in [-0.05, 0) is 86.0 Å². The first-order valence-electron chi connectivity index (χ1n) is 16.1. The summed E-state index contributed by atoms with van der Waals surface area (Å²) in [6.45, 7) is 13.1. The average molecular weight is 697 g/mol. The molecule has 7 aromatic rings. The summed E-state index contributed by atoms with van der Waals surface area (Å²) in [7, 11) is 0. The third-order valence-corrected chi connectivity index (χ3v) is 10.2. The average Bonchev–Trinajstić information content (AvgIpc) is 3.04. The van der Waals surface area contributed by atoms with E-state index in [4.69, 9.17) is 9.47 Å². The van der Waals surface area contributed by atoms with Crippen molar-refractivity contribution in [2.45, 2.75) is 52.4 Å². The molecule has 1 aliphatic heterocycles. The molecule has 0 aromatic heterocycles. The number of amides is 2. The number of fused-ring (bicyclic) bond motifs is 2. The predicted molar refractivity (Wildman–Crippen MR) is 198 cm³/mol. The summed E-state index contributed by atoms with van der Waals surface area (Å²) in [5.74, 6) is 1.45. The van der Waals surface area contributed by atoms with E-state index in [1.165, 1.54) is 11.1 Å². The summed E-state index contributed by atoms with van der Waals surface area (Å²) < 4.78 is 14.4. The van der Waals surface area contributed by atoms with Gasteiger partial charge >= 0.3 is 0 Å². The maximum absolute atomic E-state index is 13.5. The fourth-order valence-corrected chi connectivity index (χ4v) is 7.43. The van der Waals surface area contributed by atoms with Crippen LogP contribution < -0.4 is 14.8 Å².